The number of aliphatic hydroxyl groups excluding tert-OH is 2. The maximum atomic E-state index is 12.4. The third-order valence-electron chi connectivity index (χ3n) is 6.00. The average molecular weight is 572 g/mol. The van der Waals surface area contributed by atoms with Crippen LogP contribution in [0.5, 0.6) is 0 Å². The lowest BCUT2D eigenvalue weighted by molar-refractivity contribution is -0.131. The molecule has 0 saturated heterocycles. The molecule has 0 aliphatic heterocycles. The molecule has 6 heteroatoms. The van der Waals surface area contributed by atoms with Crippen molar-refractivity contribution in [2.24, 2.45) is 11.8 Å². The molecule has 5 nitrogen and oxygen atoms in total. The largest absolute Gasteiger partial charge is 0.478 e. The van der Waals surface area contributed by atoms with Crippen LogP contribution < -0.4 is 0 Å². The summed E-state index contributed by atoms with van der Waals surface area (Å²) < 4.78 is 1.15. The monoisotopic (exact) mass is 572 g/mol. The summed E-state index contributed by atoms with van der Waals surface area (Å²) in [4.78, 5) is 22.9. The van der Waals surface area contributed by atoms with Gasteiger partial charge in [0.1, 0.15) is 11.9 Å². The van der Waals surface area contributed by atoms with Gasteiger partial charge in [-0.2, -0.15) is 0 Å². The Morgan fingerprint density at radius 2 is 1.88 bits per heavy atom. The van der Waals surface area contributed by atoms with E-state index >= 15 is 0 Å². The van der Waals surface area contributed by atoms with Crippen LogP contribution in [0.15, 0.2) is 60.7 Å². The smallest absolute Gasteiger partial charge is 0.327 e. The van der Waals surface area contributed by atoms with Crippen molar-refractivity contribution in [1.82, 2.24) is 0 Å². The van der Waals surface area contributed by atoms with Gasteiger partial charge >= 0.3 is 5.97 Å². The van der Waals surface area contributed by atoms with Crippen molar-refractivity contribution in [2.45, 2.75) is 50.7 Å². The van der Waals surface area contributed by atoms with Crippen molar-refractivity contribution in [3.63, 3.8) is 0 Å². The molecule has 0 heterocycles. The van der Waals surface area contributed by atoms with Gasteiger partial charge in [0.15, 0.2) is 0 Å². The van der Waals surface area contributed by atoms with Gasteiger partial charge in [-0.15, -0.1) is 0 Å². The molecule has 1 saturated carbocycles. The molecule has 0 aromatic heterocycles. The molecule has 0 radical (unpaired) electrons. The van der Waals surface area contributed by atoms with E-state index in [1.807, 2.05) is 36.4 Å². The Hall–Kier alpha value is -2.47. The highest BCUT2D eigenvalue weighted by Crippen LogP contribution is 2.33. The first kappa shape index (κ1) is 26.1. The van der Waals surface area contributed by atoms with Crippen LogP contribution in [-0.2, 0) is 16.0 Å². The van der Waals surface area contributed by atoms with Crippen LogP contribution in [0.1, 0.15) is 37.7 Å². The Labute approximate surface area is 214 Å². The Morgan fingerprint density at radius 1 is 1.15 bits per heavy atom. The van der Waals surface area contributed by atoms with Gasteiger partial charge in [0.2, 0.25) is 0 Å². The van der Waals surface area contributed by atoms with Gasteiger partial charge in [-0.3, -0.25) is 4.79 Å². The Kier molecular flexibility index (Phi) is 9.87. The van der Waals surface area contributed by atoms with Gasteiger partial charge in [-0.05, 0) is 70.7 Å². The number of allylic oxidation sites excluding steroid dienone is 1. The maximum Gasteiger partial charge on any atom is 0.327 e. The minimum atomic E-state index is -0.968. The van der Waals surface area contributed by atoms with Crippen LogP contribution in [0.2, 0.25) is 0 Å². The molecule has 2 aromatic rings. The predicted molar refractivity (Wildman–Crippen MR) is 140 cm³/mol. The Bertz CT molecular complexity index is 1100. The van der Waals surface area contributed by atoms with E-state index in [1.54, 1.807) is 6.08 Å². The van der Waals surface area contributed by atoms with E-state index in [9.17, 15) is 19.8 Å². The van der Waals surface area contributed by atoms with Crippen LogP contribution in [0, 0.1) is 27.2 Å². The Morgan fingerprint density at radius 3 is 2.62 bits per heavy atom. The topological polar surface area (TPSA) is 94.8 Å². The second-order valence-corrected chi connectivity index (χ2v) is 9.86. The van der Waals surface area contributed by atoms with E-state index < -0.39 is 24.1 Å². The SMILES string of the molecule is O=C(O)/C=C/CCCC[C@H]1C(=O)C[C@@H](O)[C@@H]1C#C[C@@H](O)Cc1cccc(-c2cccc(I)c2)c1. The van der Waals surface area contributed by atoms with Crippen LogP contribution in [0.4, 0.5) is 0 Å². The molecule has 3 N–H and O–H groups in total. The van der Waals surface area contributed by atoms with Crippen LogP contribution in [0.25, 0.3) is 11.1 Å². The highest BCUT2D eigenvalue weighted by Gasteiger charge is 2.40. The number of carbonyl (C=O) groups excluding carboxylic acids is 1. The van der Waals surface area contributed by atoms with Gasteiger partial charge in [-0.1, -0.05) is 60.7 Å². The molecule has 3 rings (SSSR count). The van der Waals surface area contributed by atoms with E-state index in [-0.39, 0.29) is 18.1 Å². The van der Waals surface area contributed by atoms with Gasteiger partial charge in [0.05, 0.1) is 12.0 Å². The zero-order chi connectivity index (χ0) is 24.5. The fraction of sp³-hybridized carbons (Fsp3) is 0.357. The van der Waals surface area contributed by atoms with Crippen LogP contribution in [0.3, 0.4) is 0 Å². The van der Waals surface area contributed by atoms with Crippen molar-refractivity contribution >= 4 is 34.3 Å². The minimum absolute atomic E-state index is 0.00700. The number of rotatable bonds is 9. The van der Waals surface area contributed by atoms with E-state index in [0.717, 1.165) is 39.2 Å². The summed E-state index contributed by atoms with van der Waals surface area (Å²) in [5.41, 5.74) is 3.15. The molecular formula is C28H29IO5. The molecule has 0 unspecified atom stereocenters. The molecular weight excluding hydrogens is 543 g/mol. The standard InChI is InChI=1S/C28H29IO5/c29-22-10-6-9-21(17-22)20-8-5-7-19(15-20)16-23(30)13-14-25-24(26(31)18-27(25)32)11-3-1-2-4-12-28(33)34/h4-10,12,15,17,23-25,27,30,32H,1-3,11,16,18H2,(H,33,34)/b12-4+/t23-,24-,25-,27-/m1/s1. The molecule has 0 bridgehead atoms. The average Bonchev–Trinajstić information content (AvgIpc) is 3.06. The number of halogens is 1. The van der Waals surface area contributed by atoms with Gasteiger partial charge < -0.3 is 15.3 Å². The van der Waals surface area contributed by atoms with Gasteiger partial charge in [0.25, 0.3) is 0 Å². The number of benzene rings is 2. The number of ketones is 1. The number of carboxylic acids is 1. The number of unbranched alkanes of at least 4 members (excludes halogenated alkanes) is 2. The highest BCUT2D eigenvalue weighted by molar-refractivity contribution is 14.1. The summed E-state index contributed by atoms with van der Waals surface area (Å²) in [6.07, 6.45) is 4.23. The molecule has 2 aromatic carbocycles. The summed E-state index contributed by atoms with van der Waals surface area (Å²) in [6.45, 7) is 0. The lowest BCUT2D eigenvalue weighted by atomic mass is 9.89. The zero-order valence-corrected chi connectivity index (χ0v) is 21.0. The van der Waals surface area contributed by atoms with E-state index in [4.69, 9.17) is 5.11 Å². The van der Waals surface area contributed by atoms with Crippen LogP contribution in [-0.4, -0.2) is 39.3 Å². The molecule has 4 atom stereocenters. The van der Waals surface area contributed by atoms with Gasteiger partial charge in [0, 0.05) is 28.4 Å². The van der Waals surface area contributed by atoms with Gasteiger partial charge in [-0.25, -0.2) is 4.79 Å². The summed E-state index contributed by atoms with van der Waals surface area (Å²) >= 11 is 2.28. The van der Waals surface area contributed by atoms with Crippen molar-refractivity contribution in [3.05, 3.63) is 69.8 Å². The second-order valence-electron chi connectivity index (χ2n) is 8.61. The summed E-state index contributed by atoms with van der Waals surface area (Å²) in [5.74, 6) is 4.07. The molecule has 178 valence electrons. The number of carboxylic acid groups (broad SMARTS) is 1. The fourth-order valence-corrected chi connectivity index (χ4v) is 4.86. The predicted octanol–water partition coefficient (Wildman–Crippen LogP) is 4.63. The van der Waals surface area contributed by atoms with Crippen molar-refractivity contribution in [2.75, 3.05) is 0 Å². The molecule has 1 aliphatic rings. The number of aliphatic hydroxyl groups is 2. The number of Topliss-reactive ketones (excluding diaryl/α,β-unsaturated/α-hetero) is 1. The molecule has 1 fully saturated rings. The van der Waals surface area contributed by atoms with Crippen LogP contribution >= 0.6 is 22.6 Å². The molecule has 34 heavy (non-hydrogen) atoms. The quantitative estimate of drug-likeness (QED) is 0.176. The zero-order valence-electron chi connectivity index (χ0n) is 18.9. The highest BCUT2D eigenvalue weighted by atomic mass is 127. The minimum Gasteiger partial charge on any atom is -0.478 e. The normalized spacial score (nSPS) is 20.8. The summed E-state index contributed by atoms with van der Waals surface area (Å²) in [7, 11) is 0. The molecule has 0 spiro atoms. The third kappa shape index (κ3) is 7.79. The first-order valence-electron chi connectivity index (χ1n) is 11.5. The lowest BCUT2D eigenvalue weighted by Crippen LogP contribution is -2.20. The molecule has 0 amide bonds. The maximum absolute atomic E-state index is 12.4. The fourth-order valence-electron chi connectivity index (χ4n) is 4.31. The first-order chi connectivity index (χ1) is 16.3. The third-order valence-corrected chi connectivity index (χ3v) is 6.67. The summed E-state index contributed by atoms with van der Waals surface area (Å²) in [5, 5.41) is 29.5. The first-order valence-corrected chi connectivity index (χ1v) is 12.6. The number of aliphatic carboxylic acids is 1. The van der Waals surface area contributed by atoms with Crippen molar-refractivity contribution in [1.29, 1.82) is 0 Å². The second kappa shape index (κ2) is 12.8. The number of hydrogen-bond acceptors (Lipinski definition) is 4. The summed E-state index contributed by atoms with van der Waals surface area (Å²) in [6, 6.07) is 16.2. The van der Waals surface area contributed by atoms with E-state index in [2.05, 4.69) is 46.6 Å². The lowest BCUT2D eigenvalue weighted by Gasteiger charge is -2.15. The number of hydrogen-bond donors (Lipinski definition) is 3. The Balaban J connectivity index is 1.59. The van der Waals surface area contributed by atoms with E-state index in [0.29, 0.717) is 19.3 Å². The van der Waals surface area contributed by atoms with Crippen molar-refractivity contribution < 1.29 is 24.9 Å². The van der Waals surface area contributed by atoms with E-state index in [1.165, 1.54) is 0 Å². The molecule has 1 aliphatic carbocycles. The number of carbonyl (C=O) groups is 2. The van der Waals surface area contributed by atoms with Crippen molar-refractivity contribution in [3.8, 4) is 23.0 Å².